The summed E-state index contributed by atoms with van der Waals surface area (Å²) in [6.45, 7) is 1.82. The van der Waals surface area contributed by atoms with E-state index in [-0.39, 0.29) is 18.1 Å². The van der Waals surface area contributed by atoms with Crippen LogP contribution in [-0.2, 0) is 9.47 Å². The second-order valence-corrected chi connectivity index (χ2v) is 4.41. The molecule has 1 aliphatic rings. The molecule has 2 heterocycles. The first-order valence-electron chi connectivity index (χ1n) is 6.19. The van der Waals surface area contributed by atoms with Crippen LogP contribution in [0.3, 0.4) is 0 Å². The molecule has 0 bridgehead atoms. The molecule has 0 unspecified atom stereocenters. The average molecular weight is 286 g/mol. The highest BCUT2D eigenvalue weighted by Crippen LogP contribution is 2.33. The van der Waals surface area contributed by atoms with Gasteiger partial charge in [-0.15, -0.1) is 0 Å². The molecule has 1 amide bonds. The summed E-state index contributed by atoms with van der Waals surface area (Å²) in [5.41, 5.74) is 10.8. The molecule has 0 aromatic carbocycles. The van der Waals surface area contributed by atoms with Crippen LogP contribution in [0.15, 0.2) is 6.33 Å². The zero-order valence-electron chi connectivity index (χ0n) is 11.0. The van der Waals surface area contributed by atoms with Crippen LogP contribution in [0.4, 0.5) is 5.82 Å². The summed E-state index contributed by atoms with van der Waals surface area (Å²) in [5.74, 6) is -0.774. The molecule has 20 heavy (non-hydrogen) atoms. The van der Waals surface area contributed by atoms with Crippen LogP contribution in [0, 0.1) is 0 Å². The lowest BCUT2D eigenvalue weighted by atomic mass is 10.1. The summed E-state index contributed by atoms with van der Waals surface area (Å²) in [6.07, 6.45) is -2.07. The summed E-state index contributed by atoms with van der Waals surface area (Å²) >= 11 is 0. The number of anilines is 1. The summed E-state index contributed by atoms with van der Waals surface area (Å²) in [7, 11) is 0. The number of carbonyl (C=O) groups is 1. The van der Waals surface area contributed by atoms with Gasteiger partial charge in [0.25, 0.3) is 5.91 Å². The molecule has 1 saturated heterocycles. The van der Waals surface area contributed by atoms with E-state index in [1.165, 1.54) is 10.9 Å². The van der Waals surface area contributed by atoms with Crippen molar-refractivity contribution in [2.45, 2.75) is 31.5 Å². The zero-order valence-corrected chi connectivity index (χ0v) is 11.0. The lowest BCUT2D eigenvalue weighted by Gasteiger charge is -2.19. The van der Waals surface area contributed by atoms with E-state index >= 15 is 0 Å². The molecular formula is C11H18N4O5. The van der Waals surface area contributed by atoms with Crippen molar-refractivity contribution in [1.82, 2.24) is 9.55 Å². The van der Waals surface area contributed by atoms with E-state index in [1.807, 2.05) is 0 Å². The molecule has 0 spiro atoms. The Bertz CT molecular complexity index is 491. The van der Waals surface area contributed by atoms with Gasteiger partial charge in [0, 0.05) is 6.61 Å². The third-order valence-electron chi connectivity index (χ3n) is 3.19. The van der Waals surface area contributed by atoms with Crippen molar-refractivity contribution in [1.29, 1.82) is 0 Å². The van der Waals surface area contributed by atoms with Crippen molar-refractivity contribution in [3.05, 3.63) is 12.0 Å². The second-order valence-electron chi connectivity index (χ2n) is 4.41. The fourth-order valence-corrected chi connectivity index (χ4v) is 2.26. The van der Waals surface area contributed by atoms with Gasteiger partial charge in [0.05, 0.1) is 12.9 Å². The van der Waals surface area contributed by atoms with E-state index in [9.17, 15) is 15.0 Å². The first-order valence-corrected chi connectivity index (χ1v) is 6.19. The molecule has 0 aliphatic carbocycles. The maximum atomic E-state index is 11.1. The highest BCUT2D eigenvalue weighted by Gasteiger charge is 2.45. The Hall–Kier alpha value is -1.68. The van der Waals surface area contributed by atoms with Gasteiger partial charge >= 0.3 is 0 Å². The van der Waals surface area contributed by atoms with Crippen LogP contribution in [0.1, 0.15) is 23.6 Å². The second kappa shape index (κ2) is 5.75. The van der Waals surface area contributed by atoms with E-state index in [4.69, 9.17) is 20.9 Å². The van der Waals surface area contributed by atoms with Gasteiger partial charge in [0.15, 0.2) is 11.9 Å². The van der Waals surface area contributed by atoms with Crippen LogP contribution in [0.2, 0.25) is 0 Å². The number of nitrogens with two attached hydrogens (primary N) is 2. The maximum Gasteiger partial charge on any atom is 0.271 e. The Balaban J connectivity index is 2.27. The summed E-state index contributed by atoms with van der Waals surface area (Å²) < 4.78 is 12.2. The van der Waals surface area contributed by atoms with Crippen molar-refractivity contribution in [3.63, 3.8) is 0 Å². The van der Waals surface area contributed by atoms with Crippen LogP contribution < -0.4 is 11.5 Å². The number of imidazole rings is 1. The Morgan fingerprint density at radius 3 is 2.85 bits per heavy atom. The Morgan fingerprint density at radius 2 is 2.35 bits per heavy atom. The number of primary amides is 1. The van der Waals surface area contributed by atoms with Crippen molar-refractivity contribution in [2.75, 3.05) is 18.9 Å². The molecule has 1 aromatic heterocycles. The van der Waals surface area contributed by atoms with Gasteiger partial charge in [-0.05, 0) is 6.92 Å². The molecule has 1 fully saturated rings. The van der Waals surface area contributed by atoms with E-state index in [0.717, 1.165) is 0 Å². The Kier molecular flexibility index (Phi) is 4.23. The number of carbonyl (C=O) groups excluding carboxylic acids is 1. The molecule has 6 N–H and O–H groups in total. The molecule has 4 atom stereocenters. The SMILES string of the molecule is CCO[C@H]1[C@@H](O)[C@H](n2cnc(C(N)=O)c2N)O[C@@H]1CO. The topological polar surface area (TPSA) is 146 Å². The lowest BCUT2D eigenvalue weighted by Crippen LogP contribution is -2.36. The van der Waals surface area contributed by atoms with Crippen molar-refractivity contribution < 1.29 is 24.5 Å². The molecule has 0 saturated carbocycles. The minimum absolute atomic E-state index is 0.00427. The number of hydrogen-bond donors (Lipinski definition) is 4. The Labute approximate surface area is 115 Å². The van der Waals surface area contributed by atoms with E-state index in [1.54, 1.807) is 6.92 Å². The third kappa shape index (κ3) is 2.36. The number of aliphatic hydroxyl groups is 2. The van der Waals surface area contributed by atoms with Gasteiger partial charge in [-0.3, -0.25) is 9.36 Å². The van der Waals surface area contributed by atoms with Gasteiger partial charge in [0.1, 0.15) is 24.1 Å². The highest BCUT2D eigenvalue weighted by molar-refractivity contribution is 5.95. The van der Waals surface area contributed by atoms with Crippen molar-refractivity contribution >= 4 is 11.7 Å². The number of aliphatic hydroxyl groups excluding tert-OH is 2. The normalized spacial score (nSPS) is 29.8. The number of ether oxygens (including phenoxy) is 2. The summed E-state index contributed by atoms with van der Waals surface area (Å²) in [6, 6.07) is 0. The van der Waals surface area contributed by atoms with Crippen molar-refractivity contribution in [2.24, 2.45) is 5.73 Å². The lowest BCUT2D eigenvalue weighted by molar-refractivity contribution is -0.0588. The van der Waals surface area contributed by atoms with Gasteiger partial charge in [0.2, 0.25) is 0 Å². The predicted octanol–water partition coefficient (Wildman–Crippen LogP) is -1.78. The number of amides is 1. The number of aromatic nitrogens is 2. The highest BCUT2D eigenvalue weighted by atomic mass is 16.6. The molecule has 0 radical (unpaired) electrons. The number of nitrogens with zero attached hydrogens (tertiary/aromatic N) is 2. The first-order chi connectivity index (χ1) is 9.51. The standard InChI is InChI=1S/C11H18N4O5/c1-2-19-8-5(3-16)20-11(7(8)17)15-4-14-6(9(15)12)10(13)18/h4-5,7-8,11,16-17H,2-3,12H2,1H3,(H2,13,18)/t5-,7-,8-,11-/m1/s1. The molecule has 9 heteroatoms. The molecule has 1 aliphatic heterocycles. The van der Waals surface area contributed by atoms with Crippen LogP contribution in [-0.4, -0.2) is 57.2 Å². The van der Waals surface area contributed by atoms with Gasteiger partial charge in [-0.1, -0.05) is 0 Å². The maximum absolute atomic E-state index is 11.1. The van der Waals surface area contributed by atoms with E-state index in [2.05, 4.69) is 4.98 Å². The first kappa shape index (κ1) is 14.7. The number of hydrogen-bond acceptors (Lipinski definition) is 7. The quantitative estimate of drug-likeness (QED) is 0.500. The van der Waals surface area contributed by atoms with Crippen molar-refractivity contribution in [3.8, 4) is 0 Å². The van der Waals surface area contributed by atoms with Gasteiger partial charge in [-0.25, -0.2) is 4.98 Å². The van der Waals surface area contributed by atoms with Gasteiger partial charge in [-0.2, -0.15) is 0 Å². The average Bonchev–Trinajstić information content (AvgIpc) is 2.92. The summed E-state index contributed by atoms with van der Waals surface area (Å²) in [4.78, 5) is 14.9. The fraction of sp³-hybridized carbons (Fsp3) is 0.636. The molecule has 112 valence electrons. The largest absolute Gasteiger partial charge is 0.394 e. The minimum atomic E-state index is -1.05. The van der Waals surface area contributed by atoms with E-state index in [0.29, 0.717) is 6.61 Å². The Morgan fingerprint density at radius 1 is 1.65 bits per heavy atom. The molecule has 2 rings (SSSR count). The van der Waals surface area contributed by atoms with Crippen LogP contribution in [0.5, 0.6) is 0 Å². The smallest absolute Gasteiger partial charge is 0.271 e. The minimum Gasteiger partial charge on any atom is -0.394 e. The van der Waals surface area contributed by atoms with Crippen LogP contribution >= 0.6 is 0 Å². The van der Waals surface area contributed by atoms with Gasteiger partial charge < -0.3 is 31.2 Å². The number of nitrogen functional groups attached to an aromatic ring is 1. The van der Waals surface area contributed by atoms with E-state index < -0.39 is 30.4 Å². The third-order valence-corrected chi connectivity index (χ3v) is 3.19. The summed E-state index contributed by atoms with van der Waals surface area (Å²) in [5, 5.41) is 19.5. The molecule has 9 nitrogen and oxygen atoms in total. The number of rotatable bonds is 5. The van der Waals surface area contributed by atoms with Crippen LogP contribution in [0.25, 0.3) is 0 Å². The molecular weight excluding hydrogens is 268 g/mol. The fourth-order valence-electron chi connectivity index (χ4n) is 2.26. The predicted molar refractivity (Wildman–Crippen MR) is 67.6 cm³/mol. The monoisotopic (exact) mass is 286 g/mol. The zero-order chi connectivity index (χ0) is 14.9. The molecule has 1 aromatic rings.